The second kappa shape index (κ2) is 20.2. The fourth-order valence-electron chi connectivity index (χ4n) is 2.92. The smallest absolute Gasteiger partial charge is 0.325 e. The average molecular weight is 411 g/mol. The molecular weight excluding hydrogens is 367 g/mol. The predicted octanol–water partition coefficient (Wildman–Crippen LogP) is 6.40. The lowest BCUT2D eigenvalue weighted by molar-refractivity contribution is 0.145. The van der Waals surface area contributed by atoms with Crippen molar-refractivity contribution in [3.05, 3.63) is 0 Å². The van der Waals surface area contributed by atoms with Crippen molar-refractivity contribution < 1.29 is 19.1 Å². The highest BCUT2D eigenvalue weighted by Crippen LogP contribution is 2.35. The van der Waals surface area contributed by atoms with Gasteiger partial charge < -0.3 is 14.5 Å². The first kappa shape index (κ1) is 26.5. The van der Waals surface area contributed by atoms with Gasteiger partial charge in [0, 0.05) is 12.4 Å². The fourth-order valence-corrected chi connectivity index (χ4v) is 4.49. The molecule has 0 heterocycles. The van der Waals surface area contributed by atoms with Crippen LogP contribution in [0.1, 0.15) is 96.8 Å². The van der Waals surface area contributed by atoms with Gasteiger partial charge in [-0.05, 0) is 18.6 Å². The standard InChI is InChI=1S/C20H43O4PS/c1-2-3-4-5-6-7-8-9-10-11-12-13-14-16-24-17-20-26-19-15-18-25(21,22)23/h2-20H2,1H3,(H2,21,22,23). The van der Waals surface area contributed by atoms with E-state index in [4.69, 9.17) is 14.5 Å². The molecular formula is C20H43O4PS. The van der Waals surface area contributed by atoms with Crippen LogP contribution in [0.2, 0.25) is 0 Å². The average Bonchev–Trinajstić information content (AvgIpc) is 2.59. The van der Waals surface area contributed by atoms with Gasteiger partial charge in [-0.15, -0.1) is 0 Å². The van der Waals surface area contributed by atoms with Crippen molar-refractivity contribution in [3.8, 4) is 0 Å². The highest BCUT2D eigenvalue weighted by molar-refractivity contribution is 7.99. The van der Waals surface area contributed by atoms with Crippen molar-refractivity contribution in [2.24, 2.45) is 0 Å². The molecule has 0 atom stereocenters. The van der Waals surface area contributed by atoms with Crippen LogP contribution in [-0.2, 0) is 9.30 Å². The Bertz CT molecular complexity index is 323. The number of ether oxygens (including phenoxy) is 1. The van der Waals surface area contributed by atoms with Crippen LogP contribution >= 0.6 is 19.4 Å². The third kappa shape index (κ3) is 24.5. The first-order chi connectivity index (χ1) is 12.6. The Morgan fingerprint density at radius 1 is 0.692 bits per heavy atom. The van der Waals surface area contributed by atoms with Crippen molar-refractivity contribution in [2.45, 2.75) is 96.8 Å². The highest BCUT2D eigenvalue weighted by atomic mass is 32.2. The van der Waals surface area contributed by atoms with E-state index in [2.05, 4.69) is 6.92 Å². The maximum atomic E-state index is 10.7. The molecule has 0 bridgehead atoms. The van der Waals surface area contributed by atoms with Crippen LogP contribution in [0.4, 0.5) is 0 Å². The topological polar surface area (TPSA) is 66.8 Å². The Balaban J connectivity index is 3.02. The van der Waals surface area contributed by atoms with Crippen molar-refractivity contribution in [2.75, 3.05) is 30.9 Å². The predicted molar refractivity (Wildman–Crippen MR) is 115 cm³/mol. The summed E-state index contributed by atoms with van der Waals surface area (Å²) in [6, 6.07) is 0. The van der Waals surface area contributed by atoms with Gasteiger partial charge in [0.15, 0.2) is 0 Å². The molecule has 0 saturated carbocycles. The van der Waals surface area contributed by atoms with Crippen LogP contribution in [0.5, 0.6) is 0 Å². The molecule has 2 N–H and O–H groups in total. The summed E-state index contributed by atoms with van der Waals surface area (Å²) >= 11 is 1.71. The molecule has 0 aromatic carbocycles. The number of rotatable bonds is 21. The third-order valence-corrected chi connectivity index (χ3v) is 6.43. The van der Waals surface area contributed by atoms with Gasteiger partial charge in [-0.2, -0.15) is 11.8 Å². The summed E-state index contributed by atoms with van der Waals surface area (Å²) in [7, 11) is -3.80. The molecule has 0 aromatic rings. The summed E-state index contributed by atoms with van der Waals surface area (Å²) < 4.78 is 16.3. The molecule has 0 aliphatic heterocycles. The fraction of sp³-hybridized carbons (Fsp3) is 1.00. The monoisotopic (exact) mass is 410 g/mol. The summed E-state index contributed by atoms with van der Waals surface area (Å²) in [5, 5.41) is 0. The molecule has 158 valence electrons. The van der Waals surface area contributed by atoms with Crippen LogP contribution in [0.25, 0.3) is 0 Å². The van der Waals surface area contributed by atoms with Crippen molar-refractivity contribution in [1.29, 1.82) is 0 Å². The summed E-state index contributed by atoms with van der Waals surface area (Å²) in [4.78, 5) is 17.5. The van der Waals surface area contributed by atoms with Crippen LogP contribution in [0.3, 0.4) is 0 Å². The highest BCUT2D eigenvalue weighted by Gasteiger charge is 2.10. The molecule has 0 saturated heterocycles. The largest absolute Gasteiger partial charge is 0.381 e. The Morgan fingerprint density at radius 2 is 1.19 bits per heavy atom. The first-order valence-electron chi connectivity index (χ1n) is 10.8. The molecule has 0 unspecified atom stereocenters. The van der Waals surface area contributed by atoms with E-state index in [9.17, 15) is 4.57 Å². The van der Waals surface area contributed by atoms with Gasteiger partial charge in [-0.25, -0.2) is 0 Å². The van der Waals surface area contributed by atoms with E-state index in [0.29, 0.717) is 6.42 Å². The molecule has 0 aliphatic rings. The number of hydrogen-bond donors (Lipinski definition) is 2. The lowest BCUT2D eigenvalue weighted by Crippen LogP contribution is -2.00. The van der Waals surface area contributed by atoms with Crippen LogP contribution < -0.4 is 0 Å². The Hall–Kier alpha value is 0.460. The maximum Gasteiger partial charge on any atom is 0.325 e. The molecule has 26 heavy (non-hydrogen) atoms. The summed E-state index contributed by atoms with van der Waals surface area (Å²) in [5.41, 5.74) is 0. The van der Waals surface area contributed by atoms with E-state index >= 15 is 0 Å². The van der Waals surface area contributed by atoms with Crippen LogP contribution in [-0.4, -0.2) is 40.7 Å². The molecule has 0 aromatic heterocycles. The van der Waals surface area contributed by atoms with Gasteiger partial charge in [0.1, 0.15) is 0 Å². The minimum Gasteiger partial charge on any atom is -0.381 e. The van der Waals surface area contributed by atoms with Gasteiger partial charge >= 0.3 is 7.60 Å². The van der Waals surface area contributed by atoms with E-state index in [1.54, 1.807) is 11.8 Å². The van der Waals surface area contributed by atoms with E-state index in [0.717, 1.165) is 31.1 Å². The summed E-state index contributed by atoms with van der Waals surface area (Å²) in [5.74, 6) is 1.72. The lowest BCUT2D eigenvalue weighted by atomic mass is 10.0. The lowest BCUT2D eigenvalue weighted by Gasteiger charge is -2.06. The van der Waals surface area contributed by atoms with Crippen molar-refractivity contribution in [1.82, 2.24) is 0 Å². The number of thioether (sulfide) groups is 1. The zero-order valence-corrected chi connectivity index (χ0v) is 18.7. The van der Waals surface area contributed by atoms with Gasteiger partial charge in [0.05, 0.1) is 12.8 Å². The minimum absolute atomic E-state index is 0.000183. The van der Waals surface area contributed by atoms with Gasteiger partial charge in [0.25, 0.3) is 0 Å². The Kier molecular flexibility index (Phi) is 20.6. The van der Waals surface area contributed by atoms with Crippen LogP contribution in [0.15, 0.2) is 0 Å². The molecule has 4 nitrogen and oxygen atoms in total. The van der Waals surface area contributed by atoms with E-state index in [-0.39, 0.29) is 6.16 Å². The van der Waals surface area contributed by atoms with Gasteiger partial charge in [0.2, 0.25) is 0 Å². The van der Waals surface area contributed by atoms with E-state index < -0.39 is 7.60 Å². The molecule has 0 amide bonds. The summed E-state index contributed by atoms with van der Waals surface area (Å²) in [6.45, 7) is 3.87. The molecule has 6 heteroatoms. The molecule has 0 aliphatic carbocycles. The van der Waals surface area contributed by atoms with Crippen LogP contribution in [0, 0.1) is 0 Å². The quantitative estimate of drug-likeness (QED) is 0.169. The van der Waals surface area contributed by atoms with Gasteiger partial charge in [-0.3, -0.25) is 4.57 Å². The SMILES string of the molecule is CCCCCCCCCCCCCCCOCCSCCCP(=O)(O)O. The van der Waals surface area contributed by atoms with E-state index in [1.807, 2.05) is 0 Å². The minimum atomic E-state index is -3.80. The summed E-state index contributed by atoms with van der Waals surface area (Å²) in [6.07, 6.45) is 18.4. The Morgan fingerprint density at radius 3 is 1.69 bits per heavy atom. The third-order valence-electron chi connectivity index (χ3n) is 4.50. The van der Waals surface area contributed by atoms with E-state index in [1.165, 1.54) is 77.0 Å². The molecule has 0 radical (unpaired) electrons. The zero-order valence-electron chi connectivity index (χ0n) is 17.0. The molecule has 0 rings (SSSR count). The van der Waals surface area contributed by atoms with Crippen molar-refractivity contribution >= 4 is 19.4 Å². The van der Waals surface area contributed by atoms with Gasteiger partial charge in [-0.1, -0.05) is 84.0 Å². The normalized spacial score (nSPS) is 12.0. The van der Waals surface area contributed by atoms with Crippen molar-refractivity contribution in [3.63, 3.8) is 0 Å². The Labute approximate surface area is 166 Å². The second-order valence-corrected chi connectivity index (χ2v) is 10.2. The maximum absolute atomic E-state index is 10.7. The molecule has 0 spiro atoms. The molecule has 0 fully saturated rings. The first-order valence-corrected chi connectivity index (χ1v) is 13.7. The second-order valence-electron chi connectivity index (χ2n) is 7.21. The number of hydrogen-bond acceptors (Lipinski definition) is 3. The number of unbranched alkanes of at least 4 members (excludes halogenated alkanes) is 12. The zero-order chi connectivity index (χ0) is 19.3.